The van der Waals surface area contributed by atoms with Crippen molar-refractivity contribution in [2.45, 2.75) is 37.8 Å². The first-order valence-corrected chi connectivity index (χ1v) is 6.27. The van der Waals surface area contributed by atoms with Crippen molar-refractivity contribution in [3.8, 4) is 0 Å². The maximum Gasteiger partial charge on any atom is 0.356 e. The van der Waals surface area contributed by atoms with Crippen molar-refractivity contribution in [2.24, 2.45) is 5.73 Å². The number of esters is 1. The smallest absolute Gasteiger partial charge is 0.356 e. The van der Waals surface area contributed by atoms with Crippen LogP contribution in [0.2, 0.25) is 0 Å². The molecule has 1 heterocycles. The molecule has 0 bridgehead atoms. The second kappa shape index (κ2) is 5.82. The van der Waals surface area contributed by atoms with E-state index in [0.717, 1.165) is 18.5 Å². The number of nitrogens with zero attached hydrogens (tertiary/aromatic N) is 1. The third-order valence-electron chi connectivity index (χ3n) is 3.33. The summed E-state index contributed by atoms with van der Waals surface area (Å²) in [6.07, 6.45) is 6.11. The maximum absolute atomic E-state index is 11.4. The van der Waals surface area contributed by atoms with Crippen LogP contribution in [-0.2, 0) is 4.74 Å². The largest absolute Gasteiger partial charge is 0.464 e. The third kappa shape index (κ3) is 2.98. The van der Waals surface area contributed by atoms with Crippen LogP contribution in [0, 0.1) is 0 Å². The van der Waals surface area contributed by atoms with Gasteiger partial charge in [0.1, 0.15) is 5.69 Å². The van der Waals surface area contributed by atoms with Crippen LogP contribution in [-0.4, -0.2) is 30.1 Å². The van der Waals surface area contributed by atoms with E-state index in [1.54, 1.807) is 12.3 Å². The van der Waals surface area contributed by atoms with Crippen LogP contribution >= 0.6 is 0 Å². The van der Waals surface area contributed by atoms with E-state index in [-0.39, 0.29) is 12.1 Å². The summed E-state index contributed by atoms with van der Waals surface area (Å²) < 4.78 is 4.65. The van der Waals surface area contributed by atoms with E-state index >= 15 is 0 Å². The number of hydrogen-bond donors (Lipinski definition) is 2. The Kier molecular flexibility index (Phi) is 4.15. The van der Waals surface area contributed by atoms with Crippen LogP contribution in [0.15, 0.2) is 18.3 Å². The number of carbonyl (C=O) groups excluding carboxylic acids is 1. The van der Waals surface area contributed by atoms with Gasteiger partial charge in [-0.25, -0.2) is 9.78 Å². The molecule has 0 radical (unpaired) electrons. The number of ether oxygens (including phenoxy) is 1. The lowest BCUT2D eigenvalue weighted by molar-refractivity contribution is 0.0594. The van der Waals surface area contributed by atoms with Crippen LogP contribution in [0.1, 0.15) is 36.2 Å². The second-order valence-corrected chi connectivity index (χ2v) is 4.62. The topological polar surface area (TPSA) is 77.2 Å². The highest BCUT2D eigenvalue weighted by Crippen LogP contribution is 2.21. The highest BCUT2D eigenvalue weighted by atomic mass is 16.5. The number of rotatable bonds is 3. The van der Waals surface area contributed by atoms with E-state index in [2.05, 4.69) is 15.0 Å². The molecule has 0 aliphatic heterocycles. The fourth-order valence-corrected chi connectivity index (χ4v) is 2.29. The van der Waals surface area contributed by atoms with E-state index in [9.17, 15) is 4.79 Å². The Balaban J connectivity index is 2.06. The maximum atomic E-state index is 11.4. The quantitative estimate of drug-likeness (QED) is 0.795. The summed E-state index contributed by atoms with van der Waals surface area (Å²) in [4.78, 5) is 15.4. The molecule has 1 aromatic rings. The fraction of sp³-hybridized carbons (Fsp3) is 0.538. The van der Waals surface area contributed by atoms with Crippen molar-refractivity contribution >= 4 is 11.7 Å². The molecule has 0 saturated heterocycles. The summed E-state index contributed by atoms with van der Waals surface area (Å²) in [5, 5.41) is 3.38. The first kappa shape index (κ1) is 12.8. The summed E-state index contributed by atoms with van der Waals surface area (Å²) in [6.45, 7) is 0. The first-order chi connectivity index (χ1) is 8.70. The average molecular weight is 249 g/mol. The van der Waals surface area contributed by atoms with Crippen molar-refractivity contribution in [1.29, 1.82) is 0 Å². The number of aromatic nitrogens is 1. The van der Waals surface area contributed by atoms with Crippen LogP contribution in [0.4, 0.5) is 5.69 Å². The van der Waals surface area contributed by atoms with Crippen LogP contribution < -0.4 is 11.1 Å². The van der Waals surface area contributed by atoms with Gasteiger partial charge in [-0.3, -0.25) is 0 Å². The van der Waals surface area contributed by atoms with Crippen LogP contribution in [0.3, 0.4) is 0 Å². The molecule has 1 aliphatic rings. The van der Waals surface area contributed by atoms with Gasteiger partial charge in [0.25, 0.3) is 0 Å². The van der Waals surface area contributed by atoms with Gasteiger partial charge < -0.3 is 15.8 Å². The van der Waals surface area contributed by atoms with Gasteiger partial charge in [0.15, 0.2) is 0 Å². The lowest BCUT2D eigenvalue weighted by Gasteiger charge is -2.30. The molecule has 2 rings (SSSR count). The van der Waals surface area contributed by atoms with E-state index in [1.807, 2.05) is 6.07 Å². The molecule has 18 heavy (non-hydrogen) atoms. The van der Waals surface area contributed by atoms with Crippen molar-refractivity contribution in [3.05, 3.63) is 24.0 Å². The minimum absolute atomic E-state index is 0.175. The van der Waals surface area contributed by atoms with Crippen LogP contribution in [0.25, 0.3) is 0 Å². The molecule has 0 spiro atoms. The Hall–Kier alpha value is -1.62. The molecule has 5 heteroatoms. The zero-order valence-electron chi connectivity index (χ0n) is 10.6. The van der Waals surface area contributed by atoms with Gasteiger partial charge in [-0.2, -0.15) is 0 Å². The van der Waals surface area contributed by atoms with Gasteiger partial charge in [-0.05, 0) is 25.0 Å². The molecular weight excluding hydrogens is 230 g/mol. The molecule has 2 unspecified atom stereocenters. The number of methoxy groups -OCH3 is 1. The van der Waals surface area contributed by atoms with Gasteiger partial charge in [0, 0.05) is 24.0 Å². The number of carbonyl (C=O) groups is 1. The fourth-order valence-electron chi connectivity index (χ4n) is 2.29. The van der Waals surface area contributed by atoms with Gasteiger partial charge in [-0.1, -0.05) is 12.8 Å². The predicted octanol–water partition coefficient (Wildman–Crippen LogP) is 1.55. The Morgan fingerprint density at radius 3 is 3.00 bits per heavy atom. The van der Waals surface area contributed by atoms with Gasteiger partial charge in [0.2, 0.25) is 0 Å². The van der Waals surface area contributed by atoms with E-state index < -0.39 is 5.97 Å². The van der Waals surface area contributed by atoms with Crippen molar-refractivity contribution in [2.75, 3.05) is 12.4 Å². The van der Waals surface area contributed by atoms with Crippen molar-refractivity contribution < 1.29 is 9.53 Å². The molecule has 0 amide bonds. The molecule has 1 aromatic heterocycles. The minimum atomic E-state index is -0.424. The molecule has 2 atom stereocenters. The van der Waals surface area contributed by atoms with Gasteiger partial charge in [0.05, 0.1) is 7.11 Å². The van der Waals surface area contributed by atoms with Gasteiger partial charge >= 0.3 is 5.97 Å². The minimum Gasteiger partial charge on any atom is -0.464 e. The predicted molar refractivity (Wildman–Crippen MR) is 69.4 cm³/mol. The number of nitrogens with two attached hydrogens (primary N) is 1. The lowest BCUT2D eigenvalue weighted by Crippen LogP contribution is -2.42. The third-order valence-corrected chi connectivity index (χ3v) is 3.33. The van der Waals surface area contributed by atoms with E-state index in [0.29, 0.717) is 5.69 Å². The summed E-state index contributed by atoms with van der Waals surface area (Å²) in [6, 6.07) is 3.99. The van der Waals surface area contributed by atoms with Crippen molar-refractivity contribution in [1.82, 2.24) is 4.98 Å². The van der Waals surface area contributed by atoms with Gasteiger partial charge in [-0.15, -0.1) is 0 Å². The van der Waals surface area contributed by atoms with E-state index in [1.165, 1.54) is 20.0 Å². The first-order valence-electron chi connectivity index (χ1n) is 6.27. The average Bonchev–Trinajstić information content (AvgIpc) is 2.41. The molecular formula is C13H19N3O2. The van der Waals surface area contributed by atoms with Crippen molar-refractivity contribution in [3.63, 3.8) is 0 Å². The van der Waals surface area contributed by atoms with E-state index in [4.69, 9.17) is 5.73 Å². The lowest BCUT2D eigenvalue weighted by atomic mass is 9.91. The number of anilines is 1. The summed E-state index contributed by atoms with van der Waals surface area (Å²) in [5.74, 6) is -0.424. The Morgan fingerprint density at radius 1 is 1.50 bits per heavy atom. The second-order valence-electron chi connectivity index (χ2n) is 4.62. The number of pyridine rings is 1. The zero-order valence-corrected chi connectivity index (χ0v) is 10.6. The molecule has 1 saturated carbocycles. The molecule has 0 aromatic carbocycles. The molecule has 1 fully saturated rings. The number of hydrogen-bond acceptors (Lipinski definition) is 5. The normalized spacial score (nSPS) is 23.4. The highest BCUT2D eigenvalue weighted by molar-refractivity contribution is 5.88. The molecule has 5 nitrogen and oxygen atoms in total. The Bertz CT molecular complexity index is 422. The SMILES string of the molecule is COC(=O)c1cc(NC2CCCCC2N)ccn1. The summed E-state index contributed by atoms with van der Waals surface area (Å²) in [7, 11) is 1.35. The summed E-state index contributed by atoms with van der Waals surface area (Å²) >= 11 is 0. The molecule has 1 aliphatic carbocycles. The highest BCUT2D eigenvalue weighted by Gasteiger charge is 2.21. The standard InChI is InChI=1S/C13H19N3O2/c1-18-13(17)12-8-9(6-7-15-12)16-11-5-3-2-4-10(11)14/h6-8,10-11H,2-5,14H2,1H3,(H,15,16). The summed E-state index contributed by atoms with van der Waals surface area (Å²) in [5.41, 5.74) is 7.26. The Labute approximate surface area is 107 Å². The number of nitrogens with one attached hydrogen (secondary N) is 1. The Morgan fingerprint density at radius 2 is 2.28 bits per heavy atom. The zero-order chi connectivity index (χ0) is 13.0. The molecule has 98 valence electrons. The molecule has 3 N–H and O–H groups in total. The van der Waals surface area contributed by atoms with Crippen LogP contribution in [0.5, 0.6) is 0 Å². The monoisotopic (exact) mass is 249 g/mol.